The van der Waals surface area contributed by atoms with Crippen molar-refractivity contribution in [3.63, 3.8) is 0 Å². The molecule has 2 unspecified atom stereocenters. The summed E-state index contributed by atoms with van der Waals surface area (Å²) in [6.45, 7) is 9.72. The molecule has 1 rings (SSSR count). The molecule has 1 aromatic rings. The quantitative estimate of drug-likeness (QED) is 0.153. The van der Waals surface area contributed by atoms with E-state index in [1.165, 1.54) is 0 Å². The van der Waals surface area contributed by atoms with Crippen LogP contribution in [0.15, 0.2) is 30.3 Å². The van der Waals surface area contributed by atoms with E-state index >= 15 is 0 Å². The van der Waals surface area contributed by atoms with Crippen LogP contribution in [0.25, 0.3) is 0 Å². The number of esters is 3. The number of carbonyl (C=O) groups excluding carboxylic acids is 3. The normalized spacial score (nSPS) is 13.1. The number of rotatable bonds is 16. The van der Waals surface area contributed by atoms with Crippen LogP contribution in [-0.2, 0) is 35.2 Å². The van der Waals surface area contributed by atoms with Crippen LogP contribution in [0.1, 0.15) is 104 Å². The third-order valence-electron chi connectivity index (χ3n) is 5.39. The van der Waals surface area contributed by atoms with E-state index in [0.717, 1.165) is 50.5 Å². The van der Waals surface area contributed by atoms with E-state index in [9.17, 15) is 14.4 Å². The van der Waals surface area contributed by atoms with Gasteiger partial charge in [-0.25, -0.2) is 0 Å². The fraction of sp³-hybridized carbons (Fsp3) is 0.679. The molecule has 0 saturated carbocycles. The first-order chi connectivity index (χ1) is 16.1. The lowest BCUT2D eigenvalue weighted by atomic mass is 9.99. The Hall–Kier alpha value is -2.37. The fourth-order valence-electron chi connectivity index (χ4n) is 3.59. The summed E-state index contributed by atoms with van der Waals surface area (Å²) in [5.74, 6) is -2.08. The molecule has 6 nitrogen and oxygen atoms in total. The molecule has 0 saturated heterocycles. The van der Waals surface area contributed by atoms with Crippen LogP contribution in [0.2, 0.25) is 0 Å². The highest BCUT2D eigenvalue weighted by atomic mass is 16.6. The summed E-state index contributed by atoms with van der Waals surface area (Å²) in [6.07, 6.45) is 7.06. The number of benzene rings is 1. The van der Waals surface area contributed by atoms with Crippen molar-refractivity contribution in [3.05, 3.63) is 35.9 Å². The molecule has 6 heteroatoms. The fourth-order valence-corrected chi connectivity index (χ4v) is 3.59. The van der Waals surface area contributed by atoms with Crippen molar-refractivity contribution in [1.82, 2.24) is 0 Å². The van der Waals surface area contributed by atoms with E-state index in [-0.39, 0.29) is 37.9 Å². The molecule has 1 aromatic carbocycles. The van der Waals surface area contributed by atoms with Gasteiger partial charge in [0, 0.05) is 6.42 Å². The molecular formula is C28H44O6. The smallest absolute Gasteiger partial charge is 0.309 e. The molecule has 0 aromatic heterocycles. The van der Waals surface area contributed by atoms with Crippen LogP contribution >= 0.6 is 0 Å². The van der Waals surface area contributed by atoms with Crippen molar-refractivity contribution in [2.24, 2.45) is 5.92 Å². The van der Waals surface area contributed by atoms with Crippen molar-refractivity contribution < 1.29 is 28.6 Å². The Morgan fingerprint density at radius 1 is 0.853 bits per heavy atom. The molecule has 0 fully saturated rings. The molecule has 0 heterocycles. The minimum absolute atomic E-state index is 0.0598. The van der Waals surface area contributed by atoms with Crippen LogP contribution in [0.4, 0.5) is 0 Å². The van der Waals surface area contributed by atoms with Gasteiger partial charge in [-0.1, -0.05) is 69.9 Å². The second-order valence-electron chi connectivity index (χ2n) is 9.87. The number of hydrogen-bond donors (Lipinski definition) is 0. The number of hydrogen-bond acceptors (Lipinski definition) is 6. The lowest BCUT2D eigenvalue weighted by molar-refractivity contribution is -0.163. The van der Waals surface area contributed by atoms with Gasteiger partial charge in [0.15, 0.2) is 0 Å². The summed E-state index contributed by atoms with van der Waals surface area (Å²) in [4.78, 5) is 37.8. The van der Waals surface area contributed by atoms with Crippen molar-refractivity contribution in [1.29, 1.82) is 0 Å². The summed E-state index contributed by atoms with van der Waals surface area (Å²) in [7, 11) is 0. The largest absolute Gasteiger partial charge is 0.462 e. The Morgan fingerprint density at radius 2 is 1.50 bits per heavy atom. The zero-order valence-corrected chi connectivity index (χ0v) is 21.8. The van der Waals surface area contributed by atoms with Crippen LogP contribution in [0.3, 0.4) is 0 Å². The van der Waals surface area contributed by atoms with Gasteiger partial charge in [0.25, 0.3) is 0 Å². The van der Waals surface area contributed by atoms with Gasteiger partial charge >= 0.3 is 17.9 Å². The van der Waals surface area contributed by atoms with Gasteiger partial charge in [-0.05, 0) is 52.0 Å². The van der Waals surface area contributed by atoms with Crippen molar-refractivity contribution in [2.75, 3.05) is 0 Å². The molecule has 192 valence electrons. The van der Waals surface area contributed by atoms with Crippen LogP contribution in [0.5, 0.6) is 0 Å². The number of ether oxygens (including phenoxy) is 3. The second kappa shape index (κ2) is 16.3. The van der Waals surface area contributed by atoms with Gasteiger partial charge in [0.05, 0.1) is 12.3 Å². The van der Waals surface area contributed by atoms with E-state index in [2.05, 4.69) is 13.8 Å². The van der Waals surface area contributed by atoms with E-state index < -0.39 is 23.5 Å². The first-order valence-electron chi connectivity index (χ1n) is 12.8. The predicted octanol–water partition coefficient (Wildman–Crippen LogP) is 6.54. The summed E-state index contributed by atoms with van der Waals surface area (Å²) in [5.41, 5.74) is 0.205. The molecule has 0 spiro atoms. The van der Waals surface area contributed by atoms with Crippen molar-refractivity contribution in [3.8, 4) is 0 Å². The Morgan fingerprint density at radius 3 is 2.12 bits per heavy atom. The highest BCUT2D eigenvalue weighted by Crippen LogP contribution is 2.20. The molecule has 2 atom stereocenters. The topological polar surface area (TPSA) is 78.9 Å². The number of unbranched alkanes of at least 4 members (excludes halogenated alkanes) is 3. The molecule has 0 aliphatic heterocycles. The molecule has 0 radical (unpaired) electrons. The van der Waals surface area contributed by atoms with Crippen molar-refractivity contribution >= 4 is 17.9 Å². The predicted molar refractivity (Wildman–Crippen MR) is 133 cm³/mol. The van der Waals surface area contributed by atoms with Crippen molar-refractivity contribution in [2.45, 2.75) is 117 Å². The van der Waals surface area contributed by atoms with Gasteiger partial charge in [-0.2, -0.15) is 0 Å². The van der Waals surface area contributed by atoms with Gasteiger partial charge < -0.3 is 14.2 Å². The number of carbonyl (C=O) groups is 3. The third-order valence-corrected chi connectivity index (χ3v) is 5.39. The zero-order chi connectivity index (χ0) is 25.4. The first kappa shape index (κ1) is 29.7. The van der Waals surface area contributed by atoms with E-state index in [1.807, 2.05) is 30.3 Å². The van der Waals surface area contributed by atoms with E-state index in [1.54, 1.807) is 20.8 Å². The average molecular weight is 477 g/mol. The van der Waals surface area contributed by atoms with Gasteiger partial charge in [-0.3, -0.25) is 14.4 Å². The molecule has 0 aliphatic carbocycles. The molecular weight excluding hydrogens is 432 g/mol. The van der Waals surface area contributed by atoms with Gasteiger partial charge in [0.1, 0.15) is 18.3 Å². The SMILES string of the molecule is CCCCCC(CCCC)OC(=O)CCC(CC(=O)OC(C)(C)C)C(=O)OCc1ccccc1. The second-order valence-corrected chi connectivity index (χ2v) is 9.87. The maximum absolute atomic E-state index is 12.8. The lowest BCUT2D eigenvalue weighted by Gasteiger charge is -2.22. The molecule has 0 amide bonds. The maximum atomic E-state index is 12.8. The maximum Gasteiger partial charge on any atom is 0.309 e. The standard InChI is InChI=1S/C28H44O6/c1-6-8-11-17-24(16-9-7-2)33-25(29)19-18-23(20-26(30)34-28(3,4)5)27(31)32-21-22-14-12-10-13-15-22/h10,12-15,23-24H,6-9,11,16-21H2,1-5H3. The molecule has 0 N–H and O–H groups in total. The highest BCUT2D eigenvalue weighted by molar-refractivity contribution is 5.81. The Kier molecular flexibility index (Phi) is 14.2. The van der Waals surface area contributed by atoms with E-state index in [0.29, 0.717) is 0 Å². The van der Waals surface area contributed by atoms with Crippen LogP contribution in [-0.4, -0.2) is 29.6 Å². The molecule has 34 heavy (non-hydrogen) atoms. The monoisotopic (exact) mass is 476 g/mol. The lowest BCUT2D eigenvalue weighted by Crippen LogP contribution is -2.28. The minimum atomic E-state index is -0.764. The zero-order valence-electron chi connectivity index (χ0n) is 21.8. The Labute approximate surface area is 205 Å². The van der Waals surface area contributed by atoms with Crippen LogP contribution < -0.4 is 0 Å². The molecule has 0 bridgehead atoms. The Bertz CT molecular complexity index is 722. The first-order valence-corrected chi connectivity index (χ1v) is 12.8. The summed E-state index contributed by atoms with van der Waals surface area (Å²) >= 11 is 0. The van der Waals surface area contributed by atoms with Gasteiger partial charge in [0.2, 0.25) is 0 Å². The van der Waals surface area contributed by atoms with Crippen LogP contribution in [0, 0.1) is 5.92 Å². The average Bonchev–Trinajstić information content (AvgIpc) is 2.78. The minimum Gasteiger partial charge on any atom is -0.462 e. The summed E-state index contributed by atoms with van der Waals surface area (Å²) in [5, 5.41) is 0. The summed E-state index contributed by atoms with van der Waals surface area (Å²) in [6, 6.07) is 9.35. The highest BCUT2D eigenvalue weighted by Gasteiger charge is 2.28. The van der Waals surface area contributed by atoms with E-state index in [4.69, 9.17) is 14.2 Å². The molecule has 0 aliphatic rings. The third kappa shape index (κ3) is 14.0. The van der Waals surface area contributed by atoms with Gasteiger partial charge in [-0.15, -0.1) is 0 Å². The Balaban J connectivity index is 2.71. The summed E-state index contributed by atoms with van der Waals surface area (Å²) < 4.78 is 16.6.